The van der Waals surface area contributed by atoms with Crippen molar-refractivity contribution in [3.05, 3.63) is 87.0 Å². The molecule has 0 amide bonds. The fourth-order valence-corrected chi connectivity index (χ4v) is 2.44. The van der Waals surface area contributed by atoms with Gasteiger partial charge in [-0.25, -0.2) is 0 Å². The summed E-state index contributed by atoms with van der Waals surface area (Å²) in [5.41, 5.74) is 3.78. The number of allylic oxidation sites excluding steroid dienone is 1. The molecule has 134 valence electrons. The molecule has 0 aromatic heterocycles. The maximum Gasteiger partial charge on any atom is 0.301 e. The molecule has 0 spiro atoms. The number of nitrogens with one attached hydrogen (secondary N) is 1. The third-order valence-corrected chi connectivity index (χ3v) is 3.78. The van der Waals surface area contributed by atoms with Crippen molar-refractivity contribution in [3.63, 3.8) is 0 Å². The number of hydrogen-bond donors (Lipinski definition) is 1. The Labute approximate surface area is 150 Å². The molecule has 2 aromatic rings. The van der Waals surface area contributed by atoms with Crippen LogP contribution >= 0.6 is 0 Å². The number of nitro benzene ring substituents is 2. The van der Waals surface area contributed by atoms with Crippen LogP contribution in [0.5, 0.6) is 0 Å². The van der Waals surface area contributed by atoms with Crippen LogP contribution in [0, 0.1) is 20.2 Å². The second kappa shape index (κ2) is 8.52. The fourth-order valence-electron chi connectivity index (χ4n) is 2.44. The zero-order chi connectivity index (χ0) is 19.1. The van der Waals surface area contributed by atoms with Crippen molar-refractivity contribution in [3.8, 4) is 0 Å². The molecular weight excluding hydrogens is 336 g/mol. The number of nitro groups is 2. The van der Waals surface area contributed by atoms with Crippen LogP contribution in [0.15, 0.2) is 66.3 Å². The second-order valence-corrected chi connectivity index (χ2v) is 5.63. The van der Waals surface area contributed by atoms with Crippen LogP contribution in [0.1, 0.15) is 24.8 Å². The van der Waals surface area contributed by atoms with Gasteiger partial charge in [0, 0.05) is 17.7 Å². The standard InChI is InChI=1S/C18H18N4O4/c1-3-14(15-7-5-4-6-8-15)11-13(2)19-20-17-10-9-16(21(23)24)12-18(17)22(25)26/h3-10,12,14,20H,1,11H2,2H3/b19-13+. The van der Waals surface area contributed by atoms with Gasteiger partial charge in [0.15, 0.2) is 0 Å². The van der Waals surface area contributed by atoms with E-state index in [0.717, 1.165) is 11.6 Å². The van der Waals surface area contributed by atoms with Crippen molar-refractivity contribution >= 4 is 22.8 Å². The summed E-state index contributed by atoms with van der Waals surface area (Å²) in [7, 11) is 0. The number of nitrogens with zero attached hydrogens (tertiary/aromatic N) is 3. The minimum absolute atomic E-state index is 0.0635. The molecule has 1 unspecified atom stereocenters. The van der Waals surface area contributed by atoms with Gasteiger partial charge >= 0.3 is 5.69 Å². The molecule has 8 heteroatoms. The van der Waals surface area contributed by atoms with Gasteiger partial charge in [-0.1, -0.05) is 36.4 Å². The number of benzene rings is 2. The molecule has 0 fully saturated rings. The van der Waals surface area contributed by atoms with E-state index in [2.05, 4.69) is 17.1 Å². The number of hydrazone groups is 1. The first-order valence-electron chi connectivity index (χ1n) is 7.82. The van der Waals surface area contributed by atoms with Crippen molar-refractivity contribution in [2.75, 3.05) is 5.43 Å². The normalized spacial score (nSPS) is 12.3. The minimum Gasteiger partial charge on any atom is -0.272 e. The van der Waals surface area contributed by atoms with E-state index < -0.39 is 15.5 Å². The van der Waals surface area contributed by atoms with Gasteiger partial charge in [0.1, 0.15) is 5.69 Å². The van der Waals surface area contributed by atoms with Crippen LogP contribution in [-0.2, 0) is 0 Å². The molecule has 1 atom stereocenters. The number of hydrogen-bond acceptors (Lipinski definition) is 6. The van der Waals surface area contributed by atoms with Gasteiger partial charge in [-0.15, -0.1) is 6.58 Å². The highest BCUT2D eigenvalue weighted by Gasteiger charge is 2.19. The molecule has 8 nitrogen and oxygen atoms in total. The van der Waals surface area contributed by atoms with Crippen molar-refractivity contribution < 1.29 is 9.85 Å². The third-order valence-electron chi connectivity index (χ3n) is 3.78. The van der Waals surface area contributed by atoms with E-state index in [9.17, 15) is 20.2 Å². The van der Waals surface area contributed by atoms with Crippen LogP contribution < -0.4 is 5.43 Å². The monoisotopic (exact) mass is 354 g/mol. The SMILES string of the molecule is C=CC(C/C(C)=N/Nc1ccc([N+](=O)[O-])cc1[N+](=O)[O-])c1ccccc1. The highest BCUT2D eigenvalue weighted by molar-refractivity contribution is 5.84. The van der Waals surface area contributed by atoms with Crippen LogP contribution in [0.4, 0.5) is 17.1 Å². The molecule has 1 N–H and O–H groups in total. The number of rotatable bonds is 8. The summed E-state index contributed by atoms with van der Waals surface area (Å²) in [6, 6.07) is 13.2. The third kappa shape index (κ3) is 4.73. The first-order valence-corrected chi connectivity index (χ1v) is 7.82. The molecule has 0 bridgehead atoms. The number of non-ortho nitro benzene ring substituents is 1. The minimum atomic E-state index is -0.684. The van der Waals surface area contributed by atoms with Crippen molar-refractivity contribution in [1.82, 2.24) is 0 Å². The van der Waals surface area contributed by atoms with E-state index in [1.807, 2.05) is 36.4 Å². The molecular formula is C18H18N4O4. The Morgan fingerprint density at radius 3 is 2.46 bits per heavy atom. The zero-order valence-corrected chi connectivity index (χ0v) is 14.2. The van der Waals surface area contributed by atoms with Gasteiger partial charge in [0.05, 0.1) is 15.9 Å². The predicted molar refractivity (Wildman–Crippen MR) is 100 cm³/mol. The smallest absolute Gasteiger partial charge is 0.272 e. The average Bonchev–Trinajstić information content (AvgIpc) is 2.64. The molecule has 0 saturated heterocycles. The van der Waals surface area contributed by atoms with E-state index in [0.29, 0.717) is 12.1 Å². The summed E-state index contributed by atoms with van der Waals surface area (Å²) < 4.78 is 0. The summed E-state index contributed by atoms with van der Waals surface area (Å²) in [5.74, 6) is 0.0635. The lowest BCUT2D eigenvalue weighted by Gasteiger charge is -2.12. The Morgan fingerprint density at radius 1 is 1.19 bits per heavy atom. The lowest BCUT2D eigenvalue weighted by molar-refractivity contribution is -0.393. The van der Waals surface area contributed by atoms with Crippen molar-refractivity contribution in [2.45, 2.75) is 19.3 Å². The van der Waals surface area contributed by atoms with E-state index in [1.54, 1.807) is 6.92 Å². The Morgan fingerprint density at radius 2 is 1.88 bits per heavy atom. The highest BCUT2D eigenvalue weighted by Crippen LogP contribution is 2.29. The fraction of sp³-hybridized carbons (Fsp3) is 0.167. The second-order valence-electron chi connectivity index (χ2n) is 5.63. The predicted octanol–water partition coefficient (Wildman–Crippen LogP) is 4.65. The zero-order valence-electron chi connectivity index (χ0n) is 14.2. The lowest BCUT2D eigenvalue weighted by atomic mass is 9.94. The molecule has 0 radical (unpaired) electrons. The molecule has 0 aliphatic carbocycles. The Balaban J connectivity index is 2.16. The summed E-state index contributed by atoms with van der Waals surface area (Å²) in [4.78, 5) is 20.5. The summed E-state index contributed by atoms with van der Waals surface area (Å²) in [5, 5.41) is 26.1. The van der Waals surface area contributed by atoms with E-state index in [-0.39, 0.29) is 17.3 Å². The van der Waals surface area contributed by atoms with Gasteiger partial charge in [0.2, 0.25) is 0 Å². The van der Waals surface area contributed by atoms with Gasteiger partial charge in [-0.3, -0.25) is 25.7 Å². The van der Waals surface area contributed by atoms with Gasteiger partial charge in [-0.05, 0) is 25.0 Å². The largest absolute Gasteiger partial charge is 0.301 e. The van der Waals surface area contributed by atoms with Crippen LogP contribution in [0.2, 0.25) is 0 Å². The average molecular weight is 354 g/mol. The Bertz CT molecular complexity index is 850. The van der Waals surface area contributed by atoms with E-state index >= 15 is 0 Å². The number of anilines is 1. The Kier molecular flexibility index (Phi) is 6.15. The summed E-state index contributed by atoms with van der Waals surface area (Å²) in [6.45, 7) is 5.64. The van der Waals surface area contributed by atoms with Crippen LogP contribution in [0.25, 0.3) is 0 Å². The van der Waals surface area contributed by atoms with Crippen LogP contribution in [0.3, 0.4) is 0 Å². The maximum atomic E-state index is 11.1. The molecule has 0 heterocycles. The van der Waals surface area contributed by atoms with E-state index in [4.69, 9.17) is 0 Å². The van der Waals surface area contributed by atoms with Gasteiger partial charge in [0.25, 0.3) is 5.69 Å². The molecule has 0 saturated carbocycles. The molecule has 2 aromatic carbocycles. The van der Waals surface area contributed by atoms with Gasteiger partial charge in [-0.2, -0.15) is 5.10 Å². The molecule has 0 aliphatic rings. The quantitative estimate of drug-likeness (QED) is 0.321. The van der Waals surface area contributed by atoms with Crippen LogP contribution in [-0.4, -0.2) is 15.6 Å². The first kappa shape index (κ1) is 18.8. The van der Waals surface area contributed by atoms with E-state index in [1.165, 1.54) is 12.1 Å². The highest BCUT2D eigenvalue weighted by atomic mass is 16.6. The molecule has 26 heavy (non-hydrogen) atoms. The molecule has 0 aliphatic heterocycles. The molecule has 2 rings (SSSR count). The Hall–Kier alpha value is -3.55. The summed E-state index contributed by atoms with van der Waals surface area (Å²) in [6.07, 6.45) is 2.41. The van der Waals surface area contributed by atoms with Crippen molar-refractivity contribution in [2.24, 2.45) is 5.10 Å². The lowest BCUT2D eigenvalue weighted by Crippen LogP contribution is -2.05. The van der Waals surface area contributed by atoms with Crippen molar-refractivity contribution in [1.29, 1.82) is 0 Å². The summed E-state index contributed by atoms with van der Waals surface area (Å²) >= 11 is 0. The topological polar surface area (TPSA) is 111 Å². The first-order chi connectivity index (χ1) is 12.4. The maximum absolute atomic E-state index is 11.1. The van der Waals surface area contributed by atoms with Gasteiger partial charge < -0.3 is 0 Å².